The molecule has 2 unspecified atom stereocenters. The Bertz CT molecular complexity index is 477. The van der Waals surface area contributed by atoms with Crippen LogP contribution in [0.5, 0.6) is 5.75 Å². The van der Waals surface area contributed by atoms with Crippen molar-refractivity contribution in [3.8, 4) is 5.75 Å². The minimum absolute atomic E-state index is 0.0691. The van der Waals surface area contributed by atoms with Crippen LogP contribution in [0.3, 0.4) is 0 Å². The minimum Gasteiger partial charge on any atom is -0.483 e. The third-order valence-electron chi connectivity index (χ3n) is 3.77. The number of aryl methyl sites for hydroxylation is 1. The SMILES string of the molecule is Cc1cc(N)ccc1OCC(=O)N1CC(C)CC(C)C1. The fourth-order valence-corrected chi connectivity index (χ4v) is 2.93. The van der Waals surface area contributed by atoms with Crippen LogP contribution >= 0.6 is 0 Å². The maximum atomic E-state index is 12.2. The first-order valence-electron chi connectivity index (χ1n) is 7.22. The third kappa shape index (κ3) is 3.65. The Kier molecular flexibility index (Phi) is 4.53. The predicted molar refractivity (Wildman–Crippen MR) is 80.6 cm³/mol. The van der Waals surface area contributed by atoms with Crippen molar-refractivity contribution >= 4 is 11.6 Å². The summed E-state index contributed by atoms with van der Waals surface area (Å²) in [4.78, 5) is 14.1. The number of hydrogen-bond donors (Lipinski definition) is 1. The van der Waals surface area contributed by atoms with Crippen LogP contribution in [0.25, 0.3) is 0 Å². The zero-order chi connectivity index (χ0) is 14.7. The van der Waals surface area contributed by atoms with Gasteiger partial charge in [0.1, 0.15) is 5.75 Å². The van der Waals surface area contributed by atoms with Crippen LogP contribution in [0.4, 0.5) is 5.69 Å². The highest BCUT2D eigenvalue weighted by Crippen LogP contribution is 2.22. The Morgan fingerprint density at radius 3 is 2.60 bits per heavy atom. The summed E-state index contributed by atoms with van der Waals surface area (Å²) in [6.07, 6.45) is 1.20. The first-order chi connectivity index (χ1) is 9.45. The highest BCUT2D eigenvalue weighted by atomic mass is 16.5. The number of carbonyl (C=O) groups is 1. The molecule has 0 bridgehead atoms. The molecule has 4 nitrogen and oxygen atoms in total. The van der Waals surface area contributed by atoms with Crippen molar-refractivity contribution < 1.29 is 9.53 Å². The minimum atomic E-state index is 0.0691. The van der Waals surface area contributed by atoms with Crippen LogP contribution in [0.1, 0.15) is 25.8 Å². The molecule has 0 radical (unpaired) electrons. The molecule has 4 heteroatoms. The average molecular weight is 276 g/mol. The van der Waals surface area contributed by atoms with E-state index in [1.807, 2.05) is 24.0 Å². The van der Waals surface area contributed by atoms with Crippen molar-refractivity contribution in [1.82, 2.24) is 4.90 Å². The lowest BCUT2D eigenvalue weighted by molar-refractivity contribution is -0.136. The van der Waals surface area contributed by atoms with Gasteiger partial charge in [0.05, 0.1) is 0 Å². The smallest absolute Gasteiger partial charge is 0.260 e. The molecule has 0 aliphatic carbocycles. The number of piperidine rings is 1. The molecule has 1 amide bonds. The molecule has 1 aliphatic heterocycles. The van der Waals surface area contributed by atoms with E-state index in [1.54, 1.807) is 6.07 Å². The van der Waals surface area contributed by atoms with Crippen molar-refractivity contribution in [2.75, 3.05) is 25.4 Å². The highest BCUT2D eigenvalue weighted by molar-refractivity contribution is 5.78. The molecule has 2 atom stereocenters. The average Bonchev–Trinajstić information content (AvgIpc) is 2.36. The first-order valence-corrected chi connectivity index (χ1v) is 7.22. The molecular weight excluding hydrogens is 252 g/mol. The van der Waals surface area contributed by atoms with Crippen LogP contribution in [0.2, 0.25) is 0 Å². The number of amides is 1. The summed E-state index contributed by atoms with van der Waals surface area (Å²) < 4.78 is 5.63. The highest BCUT2D eigenvalue weighted by Gasteiger charge is 2.25. The van der Waals surface area contributed by atoms with Crippen LogP contribution in [-0.2, 0) is 4.79 Å². The first kappa shape index (κ1) is 14.7. The van der Waals surface area contributed by atoms with Gasteiger partial charge in [0.25, 0.3) is 5.91 Å². The fraction of sp³-hybridized carbons (Fsp3) is 0.562. The van der Waals surface area contributed by atoms with Gasteiger partial charge in [0.2, 0.25) is 0 Å². The van der Waals surface area contributed by atoms with E-state index in [1.165, 1.54) is 6.42 Å². The van der Waals surface area contributed by atoms with E-state index in [-0.39, 0.29) is 12.5 Å². The molecule has 0 aromatic heterocycles. The number of nitrogens with zero attached hydrogens (tertiary/aromatic N) is 1. The van der Waals surface area contributed by atoms with Gasteiger partial charge in [-0.05, 0) is 48.9 Å². The summed E-state index contributed by atoms with van der Waals surface area (Å²) >= 11 is 0. The molecule has 110 valence electrons. The van der Waals surface area contributed by atoms with Crippen molar-refractivity contribution in [3.05, 3.63) is 23.8 Å². The van der Waals surface area contributed by atoms with Crippen molar-refractivity contribution in [3.63, 3.8) is 0 Å². The number of hydrogen-bond acceptors (Lipinski definition) is 3. The summed E-state index contributed by atoms with van der Waals surface area (Å²) in [6.45, 7) is 8.10. The monoisotopic (exact) mass is 276 g/mol. The van der Waals surface area contributed by atoms with E-state index < -0.39 is 0 Å². The van der Waals surface area contributed by atoms with Crippen LogP contribution in [0, 0.1) is 18.8 Å². The second-order valence-electron chi connectivity index (χ2n) is 6.06. The van der Waals surface area contributed by atoms with E-state index in [9.17, 15) is 4.79 Å². The quantitative estimate of drug-likeness (QED) is 0.863. The Labute approximate surface area is 120 Å². The van der Waals surface area contributed by atoms with Gasteiger partial charge in [-0.1, -0.05) is 13.8 Å². The lowest BCUT2D eigenvalue weighted by atomic mass is 9.92. The zero-order valence-electron chi connectivity index (χ0n) is 12.6. The van der Waals surface area contributed by atoms with Gasteiger partial charge in [0.15, 0.2) is 6.61 Å². The largest absolute Gasteiger partial charge is 0.483 e. The number of ether oxygens (including phenoxy) is 1. The summed E-state index contributed by atoms with van der Waals surface area (Å²) in [6, 6.07) is 5.46. The number of carbonyl (C=O) groups excluding carboxylic acids is 1. The van der Waals surface area contributed by atoms with Gasteiger partial charge in [-0.25, -0.2) is 0 Å². The lowest BCUT2D eigenvalue weighted by Gasteiger charge is -2.34. The molecule has 1 aromatic carbocycles. The Morgan fingerprint density at radius 2 is 2.00 bits per heavy atom. The van der Waals surface area contributed by atoms with Gasteiger partial charge < -0.3 is 15.4 Å². The summed E-state index contributed by atoms with van der Waals surface area (Å²) in [5.41, 5.74) is 7.37. The van der Waals surface area contributed by atoms with Gasteiger partial charge in [-0.2, -0.15) is 0 Å². The second-order valence-corrected chi connectivity index (χ2v) is 6.06. The van der Waals surface area contributed by atoms with Gasteiger partial charge in [-0.3, -0.25) is 4.79 Å². The van der Waals surface area contributed by atoms with Gasteiger partial charge in [-0.15, -0.1) is 0 Å². The van der Waals surface area contributed by atoms with E-state index in [2.05, 4.69) is 13.8 Å². The predicted octanol–water partition coefficient (Wildman–Crippen LogP) is 2.46. The molecular formula is C16H24N2O2. The summed E-state index contributed by atoms with van der Waals surface area (Å²) in [5.74, 6) is 1.94. The number of nitrogens with two attached hydrogens (primary N) is 1. The number of anilines is 1. The topological polar surface area (TPSA) is 55.6 Å². The number of rotatable bonds is 3. The molecule has 1 fully saturated rings. The maximum absolute atomic E-state index is 12.2. The third-order valence-corrected chi connectivity index (χ3v) is 3.77. The Balaban J connectivity index is 1.91. The molecule has 0 spiro atoms. The lowest BCUT2D eigenvalue weighted by Crippen LogP contribution is -2.44. The van der Waals surface area contributed by atoms with Crippen LogP contribution < -0.4 is 10.5 Å². The van der Waals surface area contributed by atoms with Crippen LogP contribution in [0.15, 0.2) is 18.2 Å². The van der Waals surface area contributed by atoms with E-state index in [4.69, 9.17) is 10.5 Å². The van der Waals surface area contributed by atoms with E-state index in [0.29, 0.717) is 17.5 Å². The zero-order valence-corrected chi connectivity index (χ0v) is 12.6. The van der Waals surface area contributed by atoms with E-state index in [0.717, 1.165) is 24.4 Å². The molecule has 20 heavy (non-hydrogen) atoms. The molecule has 1 saturated heterocycles. The molecule has 2 rings (SSSR count). The standard InChI is InChI=1S/C16H24N2O2/c1-11-6-12(2)9-18(8-11)16(19)10-20-15-5-4-14(17)7-13(15)3/h4-5,7,11-12H,6,8-10,17H2,1-3H3. The fourth-order valence-electron chi connectivity index (χ4n) is 2.93. The van der Waals surface area contributed by atoms with Crippen molar-refractivity contribution in [2.45, 2.75) is 27.2 Å². The Morgan fingerprint density at radius 1 is 1.35 bits per heavy atom. The Hall–Kier alpha value is -1.71. The van der Waals surface area contributed by atoms with Crippen molar-refractivity contribution in [1.29, 1.82) is 0 Å². The number of nitrogen functional groups attached to an aromatic ring is 1. The number of likely N-dealkylation sites (tertiary alicyclic amines) is 1. The maximum Gasteiger partial charge on any atom is 0.260 e. The molecule has 1 aliphatic rings. The van der Waals surface area contributed by atoms with Gasteiger partial charge >= 0.3 is 0 Å². The number of benzene rings is 1. The summed E-state index contributed by atoms with van der Waals surface area (Å²) in [7, 11) is 0. The van der Waals surface area contributed by atoms with Crippen molar-refractivity contribution in [2.24, 2.45) is 11.8 Å². The normalized spacial score (nSPS) is 22.6. The molecule has 2 N–H and O–H groups in total. The second kappa shape index (κ2) is 6.16. The molecule has 0 saturated carbocycles. The van der Waals surface area contributed by atoms with Gasteiger partial charge in [0, 0.05) is 18.8 Å². The summed E-state index contributed by atoms with van der Waals surface area (Å²) in [5, 5.41) is 0. The molecule has 1 heterocycles. The van der Waals surface area contributed by atoms with Crippen LogP contribution in [-0.4, -0.2) is 30.5 Å². The van der Waals surface area contributed by atoms with E-state index >= 15 is 0 Å². The molecule has 1 aromatic rings.